The first-order valence-corrected chi connectivity index (χ1v) is 6.54. The normalized spacial score (nSPS) is 10.8. The molecule has 21 heavy (non-hydrogen) atoms. The maximum absolute atomic E-state index is 13.5. The Bertz CT molecular complexity index is 872. The van der Waals surface area contributed by atoms with E-state index in [1.807, 2.05) is 6.07 Å². The lowest BCUT2D eigenvalue weighted by atomic mass is 10.3. The molecule has 108 valence electrons. The molecule has 0 saturated heterocycles. The van der Waals surface area contributed by atoms with Crippen LogP contribution in [0.25, 0.3) is 16.9 Å². The number of hydrogen-bond acceptors (Lipinski definition) is 4. The number of fused-ring (bicyclic) bond motifs is 1. The van der Waals surface area contributed by atoms with E-state index >= 15 is 0 Å². The Labute approximate surface area is 125 Å². The molecule has 0 saturated carbocycles. The van der Waals surface area contributed by atoms with Gasteiger partial charge in [-0.1, -0.05) is 0 Å². The van der Waals surface area contributed by atoms with E-state index in [0.29, 0.717) is 22.0 Å². The van der Waals surface area contributed by atoms with Gasteiger partial charge in [0.2, 0.25) is 5.88 Å². The lowest BCUT2D eigenvalue weighted by Gasteiger charge is -2.07. The monoisotopic (exact) mass is 305 g/mol. The fraction of sp³-hybridized carbons (Fsp3) is 0.143. The van der Waals surface area contributed by atoms with Crippen LogP contribution in [0.2, 0.25) is 0 Å². The van der Waals surface area contributed by atoms with Crippen molar-refractivity contribution in [3.63, 3.8) is 0 Å². The SMILES string of the molecule is COc1ccc2[nH]c(=S)n(-c3ccc(F)c(OC)c3)c2n1. The molecule has 0 aliphatic heterocycles. The zero-order chi connectivity index (χ0) is 15.0. The van der Waals surface area contributed by atoms with Gasteiger partial charge in [0.1, 0.15) is 0 Å². The van der Waals surface area contributed by atoms with Crippen LogP contribution in [0.4, 0.5) is 4.39 Å². The molecule has 0 radical (unpaired) electrons. The second-order valence-corrected chi connectivity index (χ2v) is 4.70. The predicted molar refractivity (Wildman–Crippen MR) is 79.3 cm³/mol. The van der Waals surface area contributed by atoms with E-state index in [4.69, 9.17) is 21.7 Å². The molecule has 0 bridgehead atoms. The summed E-state index contributed by atoms with van der Waals surface area (Å²) in [5.74, 6) is 0.184. The molecule has 0 atom stereocenters. The van der Waals surface area contributed by atoms with Crippen LogP contribution in [0, 0.1) is 10.6 Å². The van der Waals surface area contributed by atoms with Gasteiger partial charge in [0.25, 0.3) is 0 Å². The van der Waals surface area contributed by atoms with Crippen molar-refractivity contribution in [2.45, 2.75) is 0 Å². The molecule has 0 fully saturated rings. The predicted octanol–water partition coefficient (Wildman–Crippen LogP) is 3.24. The first kappa shape index (κ1) is 13.6. The zero-order valence-corrected chi connectivity index (χ0v) is 12.2. The Morgan fingerprint density at radius 2 is 2.00 bits per heavy atom. The molecule has 3 aromatic rings. The number of nitrogens with one attached hydrogen (secondary N) is 1. The minimum atomic E-state index is -0.432. The first-order chi connectivity index (χ1) is 10.1. The third kappa shape index (κ3) is 2.25. The van der Waals surface area contributed by atoms with Crippen molar-refractivity contribution in [1.82, 2.24) is 14.5 Å². The molecule has 7 heteroatoms. The van der Waals surface area contributed by atoms with Gasteiger partial charge in [0.15, 0.2) is 22.0 Å². The number of aromatic amines is 1. The molecule has 2 heterocycles. The highest BCUT2D eigenvalue weighted by Crippen LogP contribution is 2.25. The Kier molecular flexibility index (Phi) is 3.34. The van der Waals surface area contributed by atoms with E-state index < -0.39 is 5.82 Å². The maximum atomic E-state index is 13.5. The number of aromatic nitrogens is 3. The maximum Gasteiger partial charge on any atom is 0.215 e. The standard InChI is InChI=1S/C14H12FN3O2S/c1-19-11-7-8(3-4-9(11)15)18-13-10(16-14(18)21)5-6-12(17-13)20-2/h3-7H,1-2H3,(H,16,21). The van der Waals surface area contributed by atoms with Crippen LogP contribution in [0.3, 0.4) is 0 Å². The van der Waals surface area contributed by atoms with Crippen LogP contribution in [-0.4, -0.2) is 28.8 Å². The molecule has 0 amide bonds. The van der Waals surface area contributed by atoms with Gasteiger partial charge >= 0.3 is 0 Å². The third-order valence-electron chi connectivity index (χ3n) is 3.11. The highest BCUT2D eigenvalue weighted by molar-refractivity contribution is 7.71. The van der Waals surface area contributed by atoms with Crippen molar-refractivity contribution in [2.75, 3.05) is 14.2 Å². The Balaban J connectivity index is 2.28. The molecule has 1 aromatic carbocycles. The van der Waals surface area contributed by atoms with E-state index in [9.17, 15) is 4.39 Å². The van der Waals surface area contributed by atoms with E-state index in [1.165, 1.54) is 13.2 Å². The Hall–Kier alpha value is -2.41. The molecule has 0 unspecified atom stereocenters. The molecule has 0 aliphatic rings. The summed E-state index contributed by atoms with van der Waals surface area (Å²) in [6.07, 6.45) is 0. The van der Waals surface area contributed by atoms with Crippen LogP contribution >= 0.6 is 12.2 Å². The number of halogens is 1. The van der Waals surface area contributed by atoms with Crippen molar-refractivity contribution in [3.05, 3.63) is 40.9 Å². The van der Waals surface area contributed by atoms with Gasteiger partial charge in [0, 0.05) is 12.1 Å². The number of imidazole rings is 1. The second kappa shape index (κ2) is 5.17. The van der Waals surface area contributed by atoms with E-state index in [-0.39, 0.29) is 5.75 Å². The van der Waals surface area contributed by atoms with Gasteiger partial charge in [0.05, 0.1) is 25.4 Å². The molecular formula is C14H12FN3O2S. The molecular weight excluding hydrogens is 293 g/mol. The van der Waals surface area contributed by atoms with Crippen LogP contribution < -0.4 is 9.47 Å². The number of pyridine rings is 1. The Morgan fingerprint density at radius 3 is 2.71 bits per heavy atom. The van der Waals surface area contributed by atoms with Crippen LogP contribution in [0.1, 0.15) is 0 Å². The fourth-order valence-electron chi connectivity index (χ4n) is 2.11. The average molecular weight is 305 g/mol. The van der Waals surface area contributed by atoms with Gasteiger partial charge < -0.3 is 14.5 Å². The van der Waals surface area contributed by atoms with E-state index in [0.717, 1.165) is 5.52 Å². The number of rotatable bonds is 3. The summed E-state index contributed by atoms with van der Waals surface area (Å²) >= 11 is 5.32. The number of benzene rings is 1. The third-order valence-corrected chi connectivity index (χ3v) is 3.39. The van der Waals surface area contributed by atoms with Crippen LogP contribution in [0.5, 0.6) is 11.6 Å². The summed E-state index contributed by atoms with van der Waals surface area (Å²) in [4.78, 5) is 7.43. The van der Waals surface area contributed by atoms with Crippen LogP contribution in [0.15, 0.2) is 30.3 Å². The van der Waals surface area contributed by atoms with Gasteiger partial charge in [-0.25, -0.2) is 4.39 Å². The van der Waals surface area contributed by atoms with E-state index in [2.05, 4.69) is 9.97 Å². The van der Waals surface area contributed by atoms with Crippen molar-refractivity contribution in [1.29, 1.82) is 0 Å². The van der Waals surface area contributed by atoms with Gasteiger partial charge in [-0.2, -0.15) is 4.98 Å². The highest BCUT2D eigenvalue weighted by atomic mass is 32.1. The fourth-order valence-corrected chi connectivity index (χ4v) is 2.41. The molecule has 0 spiro atoms. The zero-order valence-electron chi connectivity index (χ0n) is 11.4. The number of ether oxygens (including phenoxy) is 2. The summed E-state index contributed by atoms with van der Waals surface area (Å²) in [6, 6.07) is 8.08. The first-order valence-electron chi connectivity index (χ1n) is 6.13. The number of hydrogen-bond donors (Lipinski definition) is 1. The minimum Gasteiger partial charge on any atom is -0.494 e. The highest BCUT2D eigenvalue weighted by Gasteiger charge is 2.11. The molecule has 5 nitrogen and oxygen atoms in total. The van der Waals surface area contributed by atoms with Gasteiger partial charge in [-0.15, -0.1) is 0 Å². The molecule has 2 aromatic heterocycles. The minimum absolute atomic E-state index is 0.145. The summed E-state index contributed by atoms with van der Waals surface area (Å²) in [6.45, 7) is 0. The van der Waals surface area contributed by atoms with Crippen molar-refractivity contribution >= 4 is 23.4 Å². The Morgan fingerprint density at radius 1 is 1.19 bits per heavy atom. The van der Waals surface area contributed by atoms with Crippen molar-refractivity contribution < 1.29 is 13.9 Å². The van der Waals surface area contributed by atoms with Crippen molar-refractivity contribution in [2.24, 2.45) is 0 Å². The quantitative estimate of drug-likeness (QED) is 0.755. The average Bonchev–Trinajstić information content (AvgIpc) is 2.82. The lowest BCUT2D eigenvalue weighted by molar-refractivity contribution is 0.386. The molecule has 1 N–H and O–H groups in total. The number of methoxy groups -OCH3 is 2. The topological polar surface area (TPSA) is 52.1 Å². The summed E-state index contributed by atoms with van der Waals surface area (Å²) in [7, 11) is 2.96. The summed E-state index contributed by atoms with van der Waals surface area (Å²) in [5.41, 5.74) is 2.03. The summed E-state index contributed by atoms with van der Waals surface area (Å²) < 4.78 is 25.8. The largest absolute Gasteiger partial charge is 0.494 e. The van der Waals surface area contributed by atoms with Crippen LogP contribution in [-0.2, 0) is 0 Å². The number of nitrogens with zero attached hydrogens (tertiary/aromatic N) is 2. The van der Waals surface area contributed by atoms with Gasteiger partial charge in [-0.3, -0.25) is 4.57 Å². The van der Waals surface area contributed by atoms with E-state index in [1.54, 1.807) is 29.9 Å². The van der Waals surface area contributed by atoms with Crippen molar-refractivity contribution in [3.8, 4) is 17.3 Å². The van der Waals surface area contributed by atoms with Gasteiger partial charge in [-0.05, 0) is 30.4 Å². The summed E-state index contributed by atoms with van der Waals surface area (Å²) in [5, 5.41) is 0. The second-order valence-electron chi connectivity index (χ2n) is 4.31. The smallest absolute Gasteiger partial charge is 0.215 e. The molecule has 0 aliphatic carbocycles. The number of H-pyrrole nitrogens is 1. The molecule has 3 rings (SSSR count). The lowest BCUT2D eigenvalue weighted by Crippen LogP contribution is -1.98.